The molecule has 0 radical (unpaired) electrons. The van der Waals surface area contributed by atoms with Crippen molar-refractivity contribution >= 4 is 35.6 Å². The molecule has 1 aliphatic heterocycles. The number of carbonyl (C=O) groups is 5. The van der Waals surface area contributed by atoms with Gasteiger partial charge in [0, 0.05) is 60.2 Å². The van der Waals surface area contributed by atoms with Crippen LogP contribution in [0.1, 0.15) is 88.2 Å². The van der Waals surface area contributed by atoms with Crippen molar-refractivity contribution in [2.75, 3.05) is 25.0 Å². The highest BCUT2D eigenvalue weighted by Gasteiger charge is 2.38. The Morgan fingerprint density at radius 3 is 2.23 bits per heavy atom. The SMILES string of the molecule is Cc1cc(C(=O)NC2CCN(C(=O)O)CC2(C)C)ccc1-c1ccc(C[C@H](NC(=O)[C@H]2CC[C@H](CNC(=O)OC(C)(C)C)CC2)C(=O)Nc2ccc(-c3nnn[nH]3)cc2)cc1. The molecule has 6 N–H and O–H groups in total. The van der Waals surface area contributed by atoms with Gasteiger partial charge in [0.25, 0.3) is 5.91 Å². The summed E-state index contributed by atoms with van der Waals surface area (Å²) in [6, 6.07) is 19.4. The normalized spacial score (nSPS) is 19.2. The summed E-state index contributed by atoms with van der Waals surface area (Å²) >= 11 is 0. The summed E-state index contributed by atoms with van der Waals surface area (Å²) in [4.78, 5) is 66.1. The fourth-order valence-corrected chi connectivity index (χ4v) is 8.11. The second-order valence-electron chi connectivity index (χ2n) is 17.9. The lowest BCUT2D eigenvalue weighted by atomic mass is 9.79. The number of piperidine rings is 1. The predicted molar refractivity (Wildman–Crippen MR) is 229 cm³/mol. The summed E-state index contributed by atoms with van der Waals surface area (Å²) in [6.07, 6.45) is 2.17. The molecule has 0 spiro atoms. The number of aromatic amines is 1. The number of ether oxygens (including phenoxy) is 1. The molecule has 6 rings (SSSR count). The Morgan fingerprint density at radius 1 is 0.934 bits per heavy atom. The molecule has 2 fully saturated rings. The molecule has 1 unspecified atom stereocenters. The Labute approximate surface area is 356 Å². The largest absolute Gasteiger partial charge is 0.465 e. The highest BCUT2D eigenvalue weighted by atomic mass is 16.6. The van der Waals surface area contributed by atoms with Gasteiger partial charge in [-0.1, -0.05) is 44.2 Å². The van der Waals surface area contributed by atoms with E-state index in [1.54, 1.807) is 30.3 Å². The number of anilines is 1. The monoisotopic (exact) mass is 835 g/mol. The van der Waals surface area contributed by atoms with E-state index < -0.39 is 29.2 Å². The third-order valence-corrected chi connectivity index (χ3v) is 11.6. The van der Waals surface area contributed by atoms with Crippen LogP contribution in [-0.2, 0) is 20.7 Å². The van der Waals surface area contributed by atoms with E-state index in [9.17, 15) is 29.1 Å². The number of rotatable bonds is 12. The van der Waals surface area contributed by atoms with Gasteiger partial charge in [-0.25, -0.2) is 14.7 Å². The van der Waals surface area contributed by atoms with Crippen molar-refractivity contribution in [1.29, 1.82) is 0 Å². The van der Waals surface area contributed by atoms with Crippen molar-refractivity contribution in [2.24, 2.45) is 17.3 Å². The van der Waals surface area contributed by atoms with Gasteiger partial charge in [0.05, 0.1) is 0 Å². The van der Waals surface area contributed by atoms with Gasteiger partial charge in [-0.15, -0.1) is 5.10 Å². The van der Waals surface area contributed by atoms with Gasteiger partial charge in [0.15, 0.2) is 5.82 Å². The van der Waals surface area contributed by atoms with Crippen LogP contribution in [0.3, 0.4) is 0 Å². The van der Waals surface area contributed by atoms with E-state index in [2.05, 4.69) is 41.9 Å². The van der Waals surface area contributed by atoms with Crippen LogP contribution in [0.2, 0.25) is 0 Å². The third kappa shape index (κ3) is 11.9. The maximum absolute atomic E-state index is 13.9. The van der Waals surface area contributed by atoms with E-state index in [-0.39, 0.29) is 42.0 Å². The minimum absolute atomic E-state index is 0.169. The topological polar surface area (TPSA) is 221 Å². The fraction of sp³-hybridized carbons (Fsp3) is 0.467. The maximum atomic E-state index is 13.9. The van der Waals surface area contributed by atoms with Crippen LogP contribution >= 0.6 is 0 Å². The van der Waals surface area contributed by atoms with Gasteiger partial charge in [0.1, 0.15) is 11.6 Å². The Kier molecular flexibility index (Phi) is 13.7. The predicted octanol–water partition coefficient (Wildman–Crippen LogP) is 6.35. The van der Waals surface area contributed by atoms with E-state index in [1.165, 1.54) is 4.90 Å². The van der Waals surface area contributed by atoms with Crippen LogP contribution in [0.4, 0.5) is 15.3 Å². The molecular formula is C45H57N9O7. The highest BCUT2D eigenvalue weighted by molar-refractivity contribution is 5.98. The summed E-state index contributed by atoms with van der Waals surface area (Å²) in [7, 11) is 0. The lowest BCUT2D eigenvalue weighted by Crippen LogP contribution is -2.56. The zero-order valence-corrected chi connectivity index (χ0v) is 35.7. The average molecular weight is 836 g/mol. The minimum Gasteiger partial charge on any atom is -0.465 e. The van der Waals surface area contributed by atoms with Gasteiger partial charge in [-0.05, 0) is 135 Å². The molecule has 1 saturated carbocycles. The lowest BCUT2D eigenvalue weighted by Gasteiger charge is -2.43. The number of nitrogens with zero attached hydrogens (tertiary/aromatic N) is 4. The van der Waals surface area contributed by atoms with Crippen molar-refractivity contribution in [2.45, 2.75) is 97.8 Å². The van der Waals surface area contributed by atoms with Crippen LogP contribution in [0.25, 0.3) is 22.5 Å². The summed E-state index contributed by atoms with van der Waals surface area (Å²) in [5, 5.41) is 35.3. The molecule has 324 valence electrons. The van der Waals surface area contributed by atoms with E-state index in [0.29, 0.717) is 56.0 Å². The van der Waals surface area contributed by atoms with Crippen molar-refractivity contribution < 1.29 is 33.8 Å². The summed E-state index contributed by atoms with van der Waals surface area (Å²) in [5.74, 6) is -0.293. The molecule has 2 heterocycles. The first-order valence-corrected chi connectivity index (χ1v) is 20.8. The molecule has 4 aromatic rings. The number of alkyl carbamates (subject to hydrolysis) is 1. The third-order valence-electron chi connectivity index (χ3n) is 11.6. The minimum atomic E-state index is -0.951. The number of hydrogen-bond donors (Lipinski definition) is 6. The van der Waals surface area contributed by atoms with Crippen LogP contribution in [0.15, 0.2) is 66.7 Å². The molecule has 3 aromatic carbocycles. The number of carbonyl (C=O) groups excluding carboxylic acids is 4. The number of nitrogens with one attached hydrogen (secondary N) is 5. The summed E-state index contributed by atoms with van der Waals surface area (Å²) < 4.78 is 5.36. The van der Waals surface area contributed by atoms with Gasteiger partial charge in [-0.3, -0.25) is 14.4 Å². The zero-order chi connectivity index (χ0) is 43.9. The number of aromatic nitrogens is 4. The zero-order valence-electron chi connectivity index (χ0n) is 35.7. The molecule has 2 aliphatic rings. The average Bonchev–Trinajstić information content (AvgIpc) is 3.76. The van der Waals surface area contributed by atoms with Crippen LogP contribution in [-0.4, -0.2) is 97.9 Å². The number of likely N-dealkylation sites (tertiary alicyclic amines) is 1. The standard InChI is InChI=1S/C45H57N9O7/c1-27-23-33(40(56)49-37-21-22-54(43(59)60)26-45(37,5)6)17-20-35(27)30-11-7-28(8-12-30)24-36(41(57)47-34-18-15-31(16-19-34)38-50-52-53-51-38)48-39(55)32-13-9-29(10-14-32)25-46-42(58)61-44(2,3)4/h7-8,11-12,15-20,23,29,32,36-37H,9-10,13-14,21-22,24-26H2,1-6H3,(H,46,58)(H,47,57)(H,48,55)(H,49,56)(H,59,60)(H,50,51,52,53)/t29-,32-,36-,37?/m0/s1. The molecule has 16 nitrogen and oxygen atoms in total. The Hall–Kier alpha value is -6.32. The van der Waals surface area contributed by atoms with Crippen molar-refractivity contribution in [3.63, 3.8) is 0 Å². The number of tetrazole rings is 1. The molecular weight excluding hydrogens is 779 g/mol. The first kappa shape index (κ1) is 44.2. The summed E-state index contributed by atoms with van der Waals surface area (Å²) in [5.41, 5.74) is 4.45. The lowest BCUT2D eigenvalue weighted by molar-refractivity contribution is -0.130. The molecule has 16 heteroatoms. The van der Waals surface area contributed by atoms with Gasteiger partial charge < -0.3 is 36.0 Å². The van der Waals surface area contributed by atoms with E-state index in [1.807, 2.05) is 77.9 Å². The van der Waals surface area contributed by atoms with E-state index in [4.69, 9.17) is 4.74 Å². The van der Waals surface area contributed by atoms with Crippen LogP contribution in [0.5, 0.6) is 0 Å². The Balaban J connectivity index is 1.10. The number of carboxylic acid groups (broad SMARTS) is 1. The summed E-state index contributed by atoms with van der Waals surface area (Å²) in [6.45, 7) is 12.5. The van der Waals surface area contributed by atoms with Crippen molar-refractivity contribution in [1.82, 2.24) is 41.5 Å². The van der Waals surface area contributed by atoms with E-state index >= 15 is 0 Å². The first-order chi connectivity index (χ1) is 28.9. The quantitative estimate of drug-likeness (QED) is 0.0929. The fourth-order valence-electron chi connectivity index (χ4n) is 8.11. The number of benzene rings is 3. The Bertz CT molecular complexity index is 2180. The van der Waals surface area contributed by atoms with Crippen LogP contribution in [0, 0.1) is 24.2 Å². The second-order valence-corrected chi connectivity index (χ2v) is 17.9. The highest BCUT2D eigenvalue weighted by Crippen LogP contribution is 2.32. The van der Waals surface area contributed by atoms with Crippen LogP contribution < -0.4 is 21.3 Å². The number of amides is 5. The maximum Gasteiger partial charge on any atom is 0.407 e. The smallest absolute Gasteiger partial charge is 0.407 e. The van der Waals surface area contributed by atoms with Gasteiger partial charge >= 0.3 is 12.2 Å². The van der Waals surface area contributed by atoms with E-state index in [0.717, 1.165) is 40.7 Å². The molecule has 2 atom stereocenters. The van der Waals surface area contributed by atoms with Gasteiger partial charge in [0.2, 0.25) is 11.8 Å². The number of aryl methyl sites for hydroxylation is 1. The molecule has 1 saturated heterocycles. The first-order valence-electron chi connectivity index (χ1n) is 20.8. The van der Waals surface area contributed by atoms with Crippen molar-refractivity contribution in [3.05, 3.63) is 83.4 Å². The molecule has 1 aromatic heterocycles. The van der Waals surface area contributed by atoms with Gasteiger partial charge in [-0.2, -0.15) is 0 Å². The Morgan fingerprint density at radius 2 is 1.62 bits per heavy atom. The molecule has 0 bridgehead atoms. The molecule has 61 heavy (non-hydrogen) atoms. The number of H-pyrrole nitrogens is 1. The second kappa shape index (κ2) is 18.9. The molecule has 5 amide bonds. The van der Waals surface area contributed by atoms with Crippen molar-refractivity contribution in [3.8, 4) is 22.5 Å². The molecule has 1 aliphatic carbocycles. The number of hydrogen-bond acceptors (Lipinski definition) is 9.